The lowest BCUT2D eigenvalue weighted by molar-refractivity contribution is 0.0526. The van der Waals surface area contributed by atoms with E-state index in [1.807, 2.05) is 24.3 Å². The Hall–Kier alpha value is -2.35. The summed E-state index contributed by atoms with van der Waals surface area (Å²) in [7, 11) is 0. The summed E-state index contributed by atoms with van der Waals surface area (Å²) in [5, 5.41) is 5.25. The minimum Gasteiger partial charge on any atom is -0.444 e. The fourth-order valence-electron chi connectivity index (χ4n) is 1.95. The van der Waals surface area contributed by atoms with Crippen LogP contribution in [0.2, 0.25) is 0 Å². The van der Waals surface area contributed by atoms with Crippen molar-refractivity contribution in [1.82, 2.24) is 15.6 Å². The zero-order valence-electron chi connectivity index (χ0n) is 14.3. The number of aromatic nitrogens is 1. The van der Waals surface area contributed by atoms with Crippen molar-refractivity contribution in [2.24, 2.45) is 0 Å². The predicted molar refractivity (Wildman–Crippen MR) is 96.2 cm³/mol. The zero-order chi connectivity index (χ0) is 18.4. The molecule has 1 aromatic heterocycles. The molecule has 0 radical (unpaired) electrons. The minimum absolute atomic E-state index is 0.194. The number of hydrogen-bond donors (Lipinski definition) is 2. The number of oxazole rings is 1. The van der Waals surface area contributed by atoms with Crippen molar-refractivity contribution in [3.63, 3.8) is 0 Å². The van der Waals surface area contributed by atoms with Crippen molar-refractivity contribution in [3.05, 3.63) is 40.8 Å². The number of ether oxygens (including phenoxy) is 1. The van der Waals surface area contributed by atoms with Gasteiger partial charge in [0.25, 0.3) is 5.91 Å². The number of carbonyl (C=O) groups excluding carboxylic acids is 2. The molecule has 8 heteroatoms. The number of rotatable bonds is 5. The number of nitrogens with one attached hydrogen (secondary N) is 2. The quantitative estimate of drug-likeness (QED) is 0.738. The van der Waals surface area contributed by atoms with Crippen LogP contribution >= 0.6 is 15.9 Å². The molecule has 2 N–H and O–H groups in total. The van der Waals surface area contributed by atoms with Crippen molar-refractivity contribution in [1.29, 1.82) is 0 Å². The van der Waals surface area contributed by atoms with Crippen molar-refractivity contribution >= 4 is 27.9 Å². The third-order valence-corrected chi connectivity index (χ3v) is 3.50. The van der Waals surface area contributed by atoms with Gasteiger partial charge in [0.2, 0.25) is 0 Å². The molecule has 0 fully saturated rings. The molecular weight excluding hydrogens is 390 g/mol. The van der Waals surface area contributed by atoms with E-state index in [2.05, 4.69) is 31.5 Å². The molecule has 0 saturated carbocycles. The van der Waals surface area contributed by atoms with Crippen LogP contribution in [0.5, 0.6) is 0 Å². The molecule has 25 heavy (non-hydrogen) atoms. The summed E-state index contributed by atoms with van der Waals surface area (Å²) < 4.78 is 11.4. The molecule has 2 rings (SSSR count). The standard InChI is InChI=1S/C17H20BrN3O4/c1-17(2,3)25-16(23)20-9-8-19-15(22)13-14(24-10-21-13)11-4-6-12(18)7-5-11/h4-7,10H,8-9H2,1-3H3,(H,19,22)(H,20,23). The summed E-state index contributed by atoms with van der Waals surface area (Å²) >= 11 is 3.36. The van der Waals surface area contributed by atoms with Crippen LogP contribution in [0.25, 0.3) is 11.3 Å². The van der Waals surface area contributed by atoms with Gasteiger partial charge in [-0.05, 0) is 32.9 Å². The van der Waals surface area contributed by atoms with E-state index in [0.717, 1.165) is 10.0 Å². The van der Waals surface area contributed by atoms with Gasteiger partial charge in [-0.15, -0.1) is 0 Å². The molecule has 0 aliphatic carbocycles. The van der Waals surface area contributed by atoms with Gasteiger partial charge in [0.05, 0.1) is 0 Å². The van der Waals surface area contributed by atoms with E-state index in [-0.39, 0.29) is 24.7 Å². The first-order valence-corrected chi connectivity index (χ1v) is 8.50. The van der Waals surface area contributed by atoms with Gasteiger partial charge in [0, 0.05) is 23.1 Å². The Balaban J connectivity index is 1.87. The number of benzene rings is 1. The number of alkyl carbamates (subject to hydrolysis) is 1. The van der Waals surface area contributed by atoms with E-state index in [4.69, 9.17) is 9.15 Å². The van der Waals surface area contributed by atoms with E-state index in [1.54, 1.807) is 20.8 Å². The van der Waals surface area contributed by atoms with Crippen molar-refractivity contribution in [2.75, 3.05) is 13.1 Å². The number of carbonyl (C=O) groups is 2. The highest BCUT2D eigenvalue weighted by Gasteiger charge is 2.18. The van der Waals surface area contributed by atoms with Crippen molar-refractivity contribution < 1.29 is 18.7 Å². The van der Waals surface area contributed by atoms with Gasteiger partial charge in [-0.25, -0.2) is 9.78 Å². The molecular formula is C17H20BrN3O4. The maximum atomic E-state index is 12.3. The van der Waals surface area contributed by atoms with E-state index in [1.165, 1.54) is 6.39 Å². The molecule has 134 valence electrons. The lowest BCUT2D eigenvalue weighted by atomic mass is 10.1. The van der Waals surface area contributed by atoms with E-state index < -0.39 is 11.7 Å². The predicted octanol–water partition coefficient (Wildman–Crippen LogP) is 3.36. The van der Waals surface area contributed by atoms with Crippen LogP contribution in [-0.4, -0.2) is 35.7 Å². The number of amides is 2. The Kier molecular flexibility index (Phi) is 6.19. The molecule has 0 bridgehead atoms. The Bertz CT molecular complexity index is 735. The molecule has 1 heterocycles. The molecule has 7 nitrogen and oxygen atoms in total. The summed E-state index contributed by atoms with van der Waals surface area (Å²) in [5.41, 5.74) is 0.380. The molecule has 2 aromatic rings. The van der Waals surface area contributed by atoms with Gasteiger partial charge in [0.1, 0.15) is 5.60 Å². The maximum Gasteiger partial charge on any atom is 0.407 e. The fourth-order valence-corrected chi connectivity index (χ4v) is 2.22. The SMILES string of the molecule is CC(C)(C)OC(=O)NCCNC(=O)c1ncoc1-c1ccc(Br)cc1. The van der Waals surface area contributed by atoms with Crippen molar-refractivity contribution in [3.8, 4) is 11.3 Å². The first-order chi connectivity index (χ1) is 11.8. The Labute approximate surface area is 154 Å². The molecule has 0 saturated heterocycles. The topological polar surface area (TPSA) is 93.5 Å². The molecule has 0 aliphatic rings. The lowest BCUT2D eigenvalue weighted by Crippen LogP contribution is -2.38. The summed E-state index contributed by atoms with van der Waals surface area (Å²) in [6, 6.07) is 7.35. The van der Waals surface area contributed by atoms with Crippen LogP contribution < -0.4 is 10.6 Å². The van der Waals surface area contributed by atoms with Crippen LogP contribution in [0.4, 0.5) is 4.79 Å². The summed E-state index contributed by atoms with van der Waals surface area (Å²) in [5.74, 6) is 0.0164. The van der Waals surface area contributed by atoms with Crippen molar-refractivity contribution in [2.45, 2.75) is 26.4 Å². The third kappa shape index (κ3) is 5.90. The molecule has 1 aromatic carbocycles. The van der Waals surface area contributed by atoms with Gasteiger partial charge in [-0.3, -0.25) is 4.79 Å². The second-order valence-electron chi connectivity index (χ2n) is 6.22. The Morgan fingerprint density at radius 3 is 2.44 bits per heavy atom. The van der Waals surface area contributed by atoms with Gasteiger partial charge < -0.3 is 19.8 Å². The first kappa shape index (κ1) is 19.0. The van der Waals surface area contributed by atoms with Crippen LogP contribution in [0, 0.1) is 0 Å². The summed E-state index contributed by atoms with van der Waals surface area (Å²) in [4.78, 5) is 27.7. The summed E-state index contributed by atoms with van der Waals surface area (Å²) in [6.45, 7) is 5.82. The molecule has 0 unspecified atom stereocenters. The molecule has 2 amide bonds. The van der Waals surface area contributed by atoms with Crippen LogP contribution in [0.3, 0.4) is 0 Å². The maximum absolute atomic E-state index is 12.3. The zero-order valence-corrected chi connectivity index (χ0v) is 15.8. The molecule has 0 atom stereocenters. The highest BCUT2D eigenvalue weighted by Crippen LogP contribution is 2.24. The van der Waals surface area contributed by atoms with Gasteiger partial charge in [-0.1, -0.05) is 28.1 Å². The van der Waals surface area contributed by atoms with Gasteiger partial charge >= 0.3 is 6.09 Å². The third-order valence-electron chi connectivity index (χ3n) is 2.97. The smallest absolute Gasteiger partial charge is 0.407 e. The monoisotopic (exact) mass is 409 g/mol. The normalized spacial score (nSPS) is 11.0. The fraction of sp³-hybridized carbons (Fsp3) is 0.353. The summed E-state index contributed by atoms with van der Waals surface area (Å²) in [6.07, 6.45) is 0.698. The highest BCUT2D eigenvalue weighted by atomic mass is 79.9. The lowest BCUT2D eigenvalue weighted by Gasteiger charge is -2.19. The second kappa shape index (κ2) is 8.15. The van der Waals surface area contributed by atoms with Crippen LogP contribution in [0.1, 0.15) is 31.3 Å². The van der Waals surface area contributed by atoms with E-state index in [0.29, 0.717) is 5.76 Å². The number of nitrogens with zero attached hydrogens (tertiary/aromatic N) is 1. The number of halogens is 1. The Morgan fingerprint density at radius 2 is 1.80 bits per heavy atom. The molecule has 0 aliphatic heterocycles. The van der Waals surface area contributed by atoms with Gasteiger partial charge in [0.15, 0.2) is 17.8 Å². The van der Waals surface area contributed by atoms with Crippen LogP contribution in [0.15, 0.2) is 39.5 Å². The average Bonchev–Trinajstić information content (AvgIpc) is 3.00. The number of hydrogen-bond acceptors (Lipinski definition) is 5. The first-order valence-electron chi connectivity index (χ1n) is 7.71. The van der Waals surface area contributed by atoms with Crippen LogP contribution in [-0.2, 0) is 4.74 Å². The van der Waals surface area contributed by atoms with Gasteiger partial charge in [-0.2, -0.15) is 0 Å². The highest BCUT2D eigenvalue weighted by molar-refractivity contribution is 9.10. The Morgan fingerprint density at radius 1 is 1.16 bits per heavy atom. The largest absolute Gasteiger partial charge is 0.444 e. The van der Waals surface area contributed by atoms with E-state index >= 15 is 0 Å². The average molecular weight is 410 g/mol. The molecule has 0 spiro atoms. The van der Waals surface area contributed by atoms with E-state index in [9.17, 15) is 9.59 Å². The second-order valence-corrected chi connectivity index (χ2v) is 7.14. The minimum atomic E-state index is -0.562.